The van der Waals surface area contributed by atoms with E-state index in [9.17, 15) is 0 Å². The van der Waals surface area contributed by atoms with Gasteiger partial charge in [-0.1, -0.05) is 24.3 Å². The zero-order valence-corrected chi connectivity index (χ0v) is 11.0. The molecule has 3 rings (SSSR count). The molecule has 1 aliphatic heterocycles. The highest BCUT2D eigenvalue weighted by atomic mass is 35.5. The molecule has 0 spiro atoms. The lowest BCUT2D eigenvalue weighted by molar-refractivity contribution is 0.278. The average Bonchev–Trinajstić information content (AvgIpc) is 2.39. The van der Waals surface area contributed by atoms with Gasteiger partial charge in [-0.15, -0.1) is 12.4 Å². The number of benzene rings is 1. The topological polar surface area (TPSA) is 3.24 Å². The van der Waals surface area contributed by atoms with Crippen LogP contribution < -0.4 is 0 Å². The van der Waals surface area contributed by atoms with Gasteiger partial charge in [0.05, 0.1) is 0 Å². The third-order valence-electron chi connectivity index (χ3n) is 3.79. The number of aryl methyl sites for hydroxylation is 1. The average molecular weight is 250 g/mol. The molecule has 0 amide bonds. The van der Waals surface area contributed by atoms with Gasteiger partial charge >= 0.3 is 0 Å². The molecule has 0 saturated carbocycles. The number of nitrogens with zero attached hydrogens (tertiary/aromatic N) is 1. The van der Waals surface area contributed by atoms with Crippen molar-refractivity contribution in [2.75, 3.05) is 13.1 Å². The van der Waals surface area contributed by atoms with Gasteiger partial charge in [0.15, 0.2) is 0 Å². The molecule has 0 unspecified atom stereocenters. The summed E-state index contributed by atoms with van der Waals surface area (Å²) in [6.07, 6.45) is 9.03. The highest BCUT2D eigenvalue weighted by molar-refractivity contribution is 5.85. The van der Waals surface area contributed by atoms with Crippen molar-refractivity contribution in [1.29, 1.82) is 0 Å². The van der Waals surface area contributed by atoms with Crippen LogP contribution in [0.25, 0.3) is 6.08 Å². The first-order chi connectivity index (χ1) is 7.93. The van der Waals surface area contributed by atoms with Gasteiger partial charge in [-0.05, 0) is 49.3 Å². The monoisotopic (exact) mass is 249 g/mol. The number of hydrogen-bond acceptors (Lipinski definition) is 1. The van der Waals surface area contributed by atoms with Gasteiger partial charge in [0.2, 0.25) is 0 Å². The van der Waals surface area contributed by atoms with E-state index < -0.39 is 0 Å². The fourth-order valence-corrected chi connectivity index (χ4v) is 2.85. The Labute approximate surface area is 110 Å². The molecule has 0 radical (unpaired) electrons. The normalized spacial score (nSPS) is 19.1. The predicted octanol–water partition coefficient (Wildman–Crippen LogP) is 3.88. The van der Waals surface area contributed by atoms with Crippen molar-refractivity contribution in [3.05, 3.63) is 41.1 Å². The maximum absolute atomic E-state index is 2.60. The molecule has 1 fully saturated rings. The van der Waals surface area contributed by atoms with E-state index in [1.54, 1.807) is 5.70 Å². The molecule has 1 aliphatic carbocycles. The van der Waals surface area contributed by atoms with Crippen LogP contribution in [0.4, 0.5) is 0 Å². The summed E-state index contributed by atoms with van der Waals surface area (Å²) in [4.78, 5) is 2.60. The van der Waals surface area contributed by atoms with Gasteiger partial charge in [-0.2, -0.15) is 0 Å². The van der Waals surface area contributed by atoms with E-state index in [-0.39, 0.29) is 12.4 Å². The quantitative estimate of drug-likeness (QED) is 0.730. The summed E-state index contributed by atoms with van der Waals surface area (Å²) in [7, 11) is 0. The van der Waals surface area contributed by atoms with Crippen LogP contribution in [0.2, 0.25) is 0 Å². The minimum absolute atomic E-state index is 0. The molecule has 0 aromatic heterocycles. The van der Waals surface area contributed by atoms with E-state index in [1.807, 2.05) is 0 Å². The smallest absolute Gasteiger partial charge is 0.0175 e. The van der Waals surface area contributed by atoms with Gasteiger partial charge in [-0.25, -0.2) is 0 Å². The van der Waals surface area contributed by atoms with Crippen molar-refractivity contribution in [2.45, 2.75) is 32.1 Å². The van der Waals surface area contributed by atoms with Crippen molar-refractivity contribution >= 4 is 18.5 Å². The van der Waals surface area contributed by atoms with Crippen molar-refractivity contribution in [3.8, 4) is 0 Å². The highest BCUT2D eigenvalue weighted by Crippen LogP contribution is 2.27. The number of hydrogen-bond donors (Lipinski definition) is 0. The number of rotatable bonds is 1. The fourth-order valence-electron chi connectivity index (χ4n) is 2.85. The van der Waals surface area contributed by atoms with Crippen LogP contribution in [0.5, 0.6) is 0 Å². The van der Waals surface area contributed by atoms with E-state index >= 15 is 0 Å². The minimum Gasteiger partial charge on any atom is -0.375 e. The van der Waals surface area contributed by atoms with Gasteiger partial charge in [0.25, 0.3) is 0 Å². The lowest BCUT2D eigenvalue weighted by atomic mass is 9.94. The molecule has 0 atom stereocenters. The predicted molar refractivity (Wildman–Crippen MR) is 75.4 cm³/mol. The van der Waals surface area contributed by atoms with Crippen LogP contribution in [0.3, 0.4) is 0 Å². The van der Waals surface area contributed by atoms with E-state index in [0.717, 1.165) is 0 Å². The second-order valence-electron chi connectivity index (χ2n) is 4.88. The lowest BCUT2D eigenvalue weighted by Gasteiger charge is -2.33. The standard InChI is InChI=1S/C15H19N.ClH/c1-4-10-16(11-5-1)15-9-8-13-6-2-3-7-14(13)12-15;/h2-3,6-7,12H,1,4-5,8-11H2;1H. The van der Waals surface area contributed by atoms with Crippen LogP contribution in [0, 0.1) is 0 Å². The van der Waals surface area contributed by atoms with Crippen molar-refractivity contribution in [2.24, 2.45) is 0 Å². The number of allylic oxidation sites excluding steroid dienone is 1. The zero-order chi connectivity index (χ0) is 10.8. The van der Waals surface area contributed by atoms with Gasteiger partial charge in [0.1, 0.15) is 0 Å². The Bertz CT molecular complexity index is 405. The summed E-state index contributed by atoms with van der Waals surface area (Å²) in [5, 5.41) is 0. The molecule has 0 N–H and O–H groups in total. The van der Waals surface area contributed by atoms with Gasteiger partial charge in [0, 0.05) is 18.8 Å². The fraction of sp³-hybridized carbons (Fsp3) is 0.467. The molecule has 92 valence electrons. The number of halogens is 1. The Kier molecular flexibility index (Phi) is 4.11. The molecular formula is C15H20ClN. The molecule has 1 aromatic rings. The molecule has 1 nitrogen and oxygen atoms in total. The lowest BCUT2D eigenvalue weighted by Crippen LogP contribution is -2.30. The maximum atomic E-state index is 2.60. The molecule has 2 heteroatoms. The maximum Gasteiger partial charge on any atom is 0.0175 e. The van der Waals surface area contributed by atoms with Gasteiger partial charge < -0.3 is 4.90 Å². The van der Waals surface area contributed by atoms with Crippen molar-refractivity contribution in [3.63, 3.8) is 0 Å². The largest absolute Gasteiger partial charge is 0.375 e. The first kappa shape index (κ1) is 12.5. The van der Waals surface area contributed by atoms with E-state index in [4.69, 9.17) is 0 Å². The molecule has 1 aromatic carbocycles. The Morgan fingerprint density at radius 1 is 0.882 bits per heavy atom. The van der Waals surface area contributed by atoms with Crippen molar-refractivity contribution < 1.29 is 0 Å². The SMILES string of the molecule is C1=C(N2CCCCC2)CCc2ccccc21.Cl. The Morgan fingerprint density at radius 2 is 1.65 bits per heavy atom. The Balaban J connectivity index is 0.00000108. The van der Waals surface area contributed by atoms with Crippen LogP contribution in [-0.4, -0.2) is 18.0 Å². The molecule has 0 bridgehead atoms. The van der Waals surface area contributed by atoms with Crippen LogP contribution in [-0.2, 0) is 6.42 Å². The highest BCUT2D eigenvalue weighted by Gasteiger charge is 2.16. The molecule has 2 aliphatic rings. The van der Waals surface area contributed by atoms with Crippen LogP contribution in [0.15, 0.2) is 30.0 Å². The van der Waals surface area contributed by atoms with E-state index in [0.29, 0.717) is 0 Å². The molecular weight excluding hydrogens is 230 g/mol. The second kappa shape index (κ2) is 5.59. The molecule has 17 heavy (non-hydrogen) atoms. The summed E-state index contributed by atoms with van der Waals surface area (Å²) in [5.41, 5.74) is 4.52. The number of likely N-dealkylation sites (tertiary alicyclic amines) is 1. The Morgan fingerprint density at radius 3 is 2.47 bits per heavy atom. The second-order valence-corrected chi connectivity index (χ2v) is 4.88. The summed E-state index contributed by atoms with van der Waals surface area (Å²) in [5.74, 6) is 0. The molecule has 1 saturated heterocycles. The third kappa shape index (κ3) is 2.66. The van der Waals surface area contributed by atoms with Crippen LogP contribution >= 0.6 is 12.4 Å². The van der Waals surface area contributed by atoms with Crippen molar-refractivity contribution in [1.82, 2.24) is 4.90 Å². The van der Waals surface area contributed by atoms with E-state index in [1.165, 1.54) is 56.3 Å². The first-order valence-electron chi connectivity index (χ1n) is 6.47. The summed E-state index contributed by atoms with van der Waals surface area (Å²) in [6.45, 7) is 2.54. The first-order valence-corrected chi connectivity index (χ1v) is 6.47. The van der Waals surface area contributed by atoms with E-state index in [2.05, 4.69) is 35.2 Å². The number of fused-ring (bicyclic) bond motifs is 1. The van der Waals surface area contributed by atoms with Gasteiger partial charge in [-0.3, -0.25) is 0 Å². The molecule has 1 heterocycles. The third-order valence-corrected chi connectivity index (χ3v) is 3.79. The Hall–Kier alpha value is -0.950. The summed E-state index contributed by atoms with van der Waals surface area (Å²) in [6, 6.07) is 8.81. The zero-order valence-electron chi connectivity index (χ0n) is 10.2. The minimum atomic E-state index is 0. The summed E-state index contributed by atoms with van der Waals surface area (Å²) >= 11 is 0. The summed E-state index contributed by atoms with van der Waals surface area (Å²) < 4.78 is 0. The number of piperidine rings is 1. The van der Waals surface area contributed by atoms with Crippen LogP contribution in [0.1, 0.15) is 36.8 Å².